The summed E-state index contributed by atoms with van der Waals surface area (Å²) in [5.41, 5.74) is 7.84. The number of benzene rings is 1. The summed E-state index contributed by atoms with van der Waals surface area (Å²) in [6.45, 7) is 7.21. The molecule has 0 saturated carbocycles. The van der Waals surface area contributed by atoms with Crippen molar-refractivity contribution in [2.75, 3.05) is 5.73 Å². The van der Waals surface area contributed by atoms with Gasteiger partial charge in [-0.25, -0.2) is 4.98 Å². The Morgan fingerprint density at radius 2 is 2.00 bits per heavy atom. The van der Waals surface area contributed by atoms with Crippen LogP contribution in [0.25, 0.3) is 11.3 Å². The zero-order valence-electron chi connectivity index (χ0n) is 12.0. The normalized spacial score (nSPS) is 11.3. The molecule has 0 aliphatic carbocycles. The lowest BCUT2D eigenvalue weighted by atomic mass is 10.1. The summed E-state index contributed by atoms with van der Waals surface area (Å²) in [5, 5.41) is 1.18. The molecule has 5 heteroatoms. The van der Waals surface area contributed by atoms with Gasteiger partial charge in [0.05, 0.1) is 5.02 Å². The van der Waals surface area contributed by atoms with E-state index >= 15 is 0 Å². The van der Waals surface area contributed by atoms with Crippen LogP contribution in [-0.2, 0) is 6.54 Å². The number of halogens is 2. The van der Waals surface area contributed by atoms with E-state index in [-0.39, 0.29) is 0 Å². The number of aromatic nitrogens is 2. The highest BCUT2D eigenvalue weighted by atomic mass is 35.5. The van der Waals surface area contributed by atoms with Gasteiger partial charge in [-0.05, 0) is 24.6 Å². The van der Waals surface area contributed by atoms with E-state index in [1.165, 1.54) is 0 Å². The van der Waals surface area contributed by atoms with Gasteiger partial charge in [0, 0.05) is 23.0 Å². The largest absolute Gasteiger partial charge is 0.383 e. The second-order valence-corrected chi connectivity index (χ2v) is 5.98. The van der Waals surface area contributed by atoms with Gasteiger partial charge in [-0.15, -0.1) is 0 Å². The Labute approximate surface area is 129 Å². The fraction of sp³-hybridized carbons (Fsp3) is 0.400. The number of nitrogens with two attached hydrogens (primary N) is 1. The molecule has 0 amide bonds. The number of anilines is 1. The summed E-state index contributed by atoms with van der Waals surface area (Å²) in [5.74, 6) is 1.97. The van der Waals surface area contributed by atoms with Gasteiger partial charge in [-0.3, -0.25) is 0 Å². The fourth-order valence-electron chi connectivity index (χ4n) is 2.26. The highest BCUT2D eigenvalue weighted by molar-refractivity contribution is 6.36. The van der Waals surface area contributed by atoms with Crippen molar-refractivity contribution in [1.29, 1.82) is 0 Å². The molecule has 3 nitrogen and oxygen atoms in total. The van der Waals surface area contributed by atoms with Gasteiger partial charge in [0.25, 0.3) is 0 Å². The molecule has 0 radical (unpaired) electrons. The number of nitrogen functional groups attached to an aromatic ring is 1. The van der Waals surface area contributed by atoms with Crippen LogP contribution in [0.5, 0.6) is 0 Å². The Kier molecular flexibility index (Phi) is 4.61. The van der Waals surface area contributed by atoms with E-state index in [0.717, 1.165) is 30.0 Å². The van der Waals surface area contributed by atoms with Gasteiger partial charge in [-0.2, -0.15) is 0 Å². The number of rotatable bonds is 4. The van der Waals surface area contributed by atoms with Crippen LogP contribution in [0, 0.1) is 0 Å². The minimum atomic E-state index is 0.309. The van der Waals surface area contributed by atoms with E-state index in [1.54, 1.807) is 12.1 Å². The van der Waals surface area contributed by atoms with E-state index < -0.39 is 0 Å². The molecule has 0 bridgehead atoms. The number of nitrogens with zero attached hydrogens (tertiary/aromatic N) is 2. The topological polar surface area (TPSA) is 43.8 Å². The van der Waals surface area contributed by atoms with Crippen molar-refractivity contribution in [3.63, 3.8) is 0 Å². The molecule has 0 saturated heterocycles. The molecule has 0 atom stereocenters. The van der Waals surface area contributed by atoms with Crippen LogP contribution in [0.2, 0.25) is 10.0 Å². The standard InChI is InChI=1S/C15H19Cl2N3/c1-4-7-20-14(18)13(19-15(20)9(2)3)11-6-5-10(16)8-12(11)17/h5-6,8-9H,4,7,18H2,1-3H3. The average Bonchev–Trinajstić information content (AvgIpc) is 2.68. The molecular weight excluding hydrogens is 293 g/mol. The third-order valence-electron chi connectivity index (χ3n) is 3.19. The van der Waals surface area contributed by atoms with Crippen LogP contribution in [0.3, 0.4) is 0 Å². The third-order valence-corrected chi connectivity index (χ3v) is 3.73. The quantitative estimate of drug-likeness (QED) is 0.866. The molecule has 20 heavy (non-hydrogen) atoms. The predicted molar refractivity (Wildman–Crippen MR) is 86.5 cm³/mol. The summed E-state index contributed by atoms with van der Waals surface area (Å²) in [6.07, 6.45) is 1.01. The number of imidazole rings is 1. The van der Waals surface area contributed by atoms with Gasteiger partial charge >= 0.3 is 0 Å². The molecule has 108 valence electrons. The summed E-state index contributed by atoms with van der Waals surface area (Å²) in [4.78, 5) is 4.70. The Bertz CT molecular complexity index is 618. The SMILES string of the molecule is CCCn1c(C(C)C)nc(-c2ccc(Cl)cc2Cl)c1N. The lowest BCUT2D eigenvalue weighted by Gasteiger charge is -2.10. The highest BCUT2D eigenvalue weighted by Gasteiger charge is 2.19. The summed E-state index contributed by atoms with van der Waals surface area (Å²) in [6, 6.07) is 5.38. The van der Waals surface area contributed by atoms with E-state index in [9.17, 15) is 0 Å². The smallest absolute Gasteiger partial charge is 0.131 e. The predicted octanol–water partition coefficient (Wildman–Crippen LogP) is 4.97. The van der Waals surface area contributed by atoms with E-state index in [1.807, 2.05) is 6.07 Å². The van der Waals surface area contributed by atoms with Crippen LogP contribution in [0.15, 0.2) is 18.2 Å². The summed E-state index contributed by atoms with van der Waals surface area (Å²) >= 11 is 12.2. The van der Waals surface area contributed by atoms with E-state index in [2.05, 4.69) is 25.3 Å². The zero-order chi connectivity index (χ0) is 14.9. The molecule has 0 aliphatic heterocycles. The molecule has 1 aromatic carbocycles. The average molecular weight is 312 g/mol. The summed E-state index contributed by atoms with van der Waals surface area (Å²) < 4.78 is 2.07. The van der Waals surface area contributed by atoms with Gasteiger partial charge in [0.1, 0.15) is 17.3 Å². The lowest BCUT2D eigenvalue weighted by molar-refractivity contribution is 0.616. The first-order valence-electron chi connectivity index (χ1n) is 6.77. The maximum atomic E-state index is 6.28. The Morgan fingerprint density at radius 1 is 1.30 bits per heavy atom. The minimum Gasteiger partial charge on any atom is -0.383 e. The molecule has 2 aromatic rings. The minimum absolute atomic E-state index is 0.309. The van der Waals surface area contributed by atoms with Crippen molar-refractivity contribution in [1.82, 2.24) is 9.55 Å². The second-order valence-electron chi connectivity index (χ2n) is 5.13. The van der Waals surface area contributed by atoms with Crippen LogP contribution in [-0.4, -0.2) is 9.55 Å². The van der Waals surface area contributed by atoms with Crippen LogP contribution >= 0.6 is 23.2 Å². The molecule has 0 fully saturated rings. The molecule has 0 spiro atoms. The molecule has 2 rings (SSSR count). The van der Waals surface area contributed by atoms with Gasteiger partial charge in [0.15, 0.2) is 0 Å². The third kappa shape index (κ3) is 2.79. The molecule has 1 aromatic heterocycles. The lowest BCUT2D eigenvalue weighted by Crippen LogP contribution is -2.08. The van der Waals surface area contributed by atoms with Crippen molar-refractivity contribution in [2.45, 2.75) is 39.7 Å². The Balaban J connectivity index is 2.60. The molecule has 0 unspecified atom stereocenters. The first-order chi connectivity index (χ1) is 9.45. The van der Waals surface area contributed by atoms with Gasteiger partial charge in [-0.1, -0.05) is 44.0 Å². The maximum Gasteiger partial charge on any atom is 0.131 e. The van der Waals surface area contributed by atoms with Gasteiger partial charge in [0.2, 0.25) is 0 Å². The van der Waals surface area contributed by atoms with Crippen molar-refractivity contribution in [3.05, 3.63) is 34.1 Å². The van der Waals surface area contributed by atoms with Crippen molar-refractivity contribution < 1.29 is 0 Å². The summed E-state index contributed by atoms with van der Waals surface area (Å²) in [7, 11) is 0. The molecular formula is C15H19Cl2N3. The van der Waals surface area contributed by atoms with Crippen LogP contribution in [0.1, 0.15) is 38.9 Å². The van der Waals surface area contributed by atoms with Crippen molar-refractivity contribution in [3.8, 4) is 11.3 Å². The molecule has 1 heterocycles. The van der Waals surface area contributed by atoms with Crippen LogP contribution in [0.4, 0.5) is 5.82 Å². The monoisotopic (exact) mass is 311 g/mol. The van der Waals surface area contributed by atoms with E-state index in [4.69, 9.17) is 33.9 Å². The molecule has 2 N–H and O–H groups in total. The van der Waals surface area contributed by atoms with Crippen molar-refractivity contribution >= 4 is 29.0 Å². The number of hydrogen-bond donors (Lipinski definition) is 1. The second kappa shape index (κ2) is 6.06. The Hall–Kier alpha value is -1.19. The first kappa shape index (κ1) is 15.2. The zero-order valence-corrected chi connectivity index (χ0v) is 13.5. The Morgan fingerprint density at radius 3 is 2.55 bits per heavy atom. The van der Waals surface area contributed by atoms with E-state index in [0.29, 0.717) is 21.8 Å². The first-order valence-corrected chi connectivity index (χ1v) is 7.52. The fourth-order valence-corrected chi connectivity index (χ4v) is 2.76. The van der Waals surface area contributed by atoms with Crippen molar-refractivity contribution in [2.24, 2.45) is 0 Å². The molecule has 0 aliphatic rings. The maximum absolute atomic E-state index is 6.28. The number of hydrogen-bond acceptors (Lipinski definition) is 2. The van der Waals surface area contributed by atoms with Crippen LogP contribution < -0.4 is 5.73 Å². The van der Waals surface area contributed by atoms with Gasteiger partial charge < -0.3 is 10.3 Å². The highest BCUT2D eigenvalue weighted by Crippen LogP contribution is 2.35.